The Hall–Kier alpha value is -1.99. The zero-order valence-electron chi connectivity index (χ0n) is 10.2. The van der Waals surface area contributed by atoms with Crippen molar-refractivity contribution in [3.63, 3.8) is 0 Å². The van der Waals surface area contributed by atoms with Crippen LogP contribution in [0.15, 0.2) is 24.3 Å². The monoisotopic (exact) mass is 292 g/mol. The van der Waals surface area contributed by atoms with Crippen LogP contribution in [-0.2, 0) is 18.3 Å². The van der Waals surface area contributed by atoms with Crippen molar-refractivity contribution in [3.05, 3.63) is 30.1 Å². The third kappa shape index (κ3) is 2.25. The summed E-state index contributed by atoms with van der Waals surface area (Å²) in [7, 11) is 1.45. The second-order valence-corrected chi connectivity index (χ2v) is 4.25. The van der Waals surface area contributed by atoms with E-state index >= 15 is 0 Å². The van der Waals surface area contributed by atoms with Gasteiger partial charge in [0.25, 0.3) is 0 Å². The molecule has 0 saturated carbocycles. The number of alkyl halides is 5. The largest absolute Gasteiger partial charge is 0.461 e. The topological polar surface area (TPSA) is 34.9 Å². The molecule has 0 aliphatic heterocycles. The molecule has 0 N–H and O–H groups in total. The van der Waals surface area contributed by atoms with E-state index < -0.39 is 24.3 Å². The summed E-state index contributed by atoms with van der Waals surface area (Å²) in [6, 6.07) is 6.51. The van der Waals surface area contributed by atoms with Crippen LogP contribution >= 0.6 is 0 Å². The Morgan fingerprint density at radius 3 is 2.35 bits per heavy atom. The molecule has 2 aromatic rings. The van der Waals surface area contributed by atoms with Crippen LogP contribution in [0.2, 0.25) is 0 Å². The van der Waals surface area contributed by atoms with E-state index in [2.05, 4.69) is 4.98 Å². The van der Waals surface area contributed by atoms with Gasteiger partial charge < -0.3 is 4.57 Å². The van der Waals surface area contributed by atoms with Gasteiger partial charge in [-0.3, -0.25) is 4.79 Å². The molecule has 0 aliphatic carbocycles. The Bertz CT molecular complexity index is 659. The van der Waals surface area contributed by atoms with Gasteiger partial charge in [-0.1, -0.05) is 12.1 Å². The highest BCUT2D eigenvalue weighted by Crippen LogP contribution is 2.36. The number of hydrogen-bond acceptors (Lipinski definition) is 2. The molecule has 0 fully saturated rings. The number of imidazole rings is 1. The van der Waals surface area contributed by atoms with Crippen LogP contribution in [0.1, 0.15) is 5.82 Å². The molecule has 0 bridgehead atoms. The van der Waals surface area contributed by atoms with Crippen LogP contribution in [0.5, 0.6) is 0 Å². The van der Waals surface area contributed by atoms with Gasteiger partial charge in [-0.15, -0.1) is 0 Å². The minimum absolute atomic E-state index is 0.139. The fourth-order valence-electron chi connectivity index (χ4n) is 1.77. The summed E-state index contributed by atoms with van der Waals surface area (Å²) in [6.07, 6.45) is -6.98. The molecule has 0 unspecified atom stereocenters. The summed E-state index contributed by atoms with van der Waals surface area (Å²) >= 11 is 0. The number of aromatic nitrogens is 2. The second-order valence-electron chi connectivity index (χ2n) is 4.25. The van der Waals surface area contributed by atoms with Gasteiger partial charge in [0.05, 0.1) is 17.5 Å². The molecule has 0 amide bonds. The lowest BCUT2D eigenvalue weighted by atomic mass is 10.1. The van der Waals surface area contributed by atoms with Crippen LogP contribution in [0.25, 0.3) is 11.0 Å². The number of benzene rings is 1. The van der Waals surface area contributed by atoms with E-state index in [1.807, 2.05) is 0 Å². The number of rotatable bonds is 3. The average molecular weight is 292 g/mol. The molecule has 20 heavy (non-hydrogen) atoms. The van der Waals surface area contributed by atoms with Gasteiger partial charge >= 0.3 is 12.1 Å². The van der Waals surface area contributed by atoms with Crippen LogP contribution in [0, 0.1) is 0 Å². The van der Waals surface area contributed by atoms with Crippen molar-refractivity contribution >= 4 is 16.8 Å². The first-order valence-electron chi connectivity index (χ1n) is 5.53. The highest BCUT2D eigenvalue weighted by molar-refractivity contribution is 5.88. The fraction of sp³-hybridized carbons (Fsp3) is 0.333. The van der Waals surface area contributed by atoms with Crippen molar-refractivity contribution in [2.75, 3.05) is 0 Å². The molecule has 0 spiro atoms. The van der Waals surface area contributed by atoms with E-state index in [4.69, 9.17) is 0 Å². The minimum atomic E-state index is -5.89. The van der Waals surface area contributed by atoms with Gasteiger partial charge in [-0.25, -0.2) is 4.98 Å². The van der Waals surface area contributed by atoms with E-state index in [-0.39, 0.29) is 5.82 Å². The lowest BCUT2D eigenvalue weighted by molar-refractivity contribution is -0.268. The number of nitrogens with zero attached hydrogens (tertiary/aromatic N) is 2. The maximum Gasteiger partial charge on any atom is 0.461 e. The van der Waals surface area contributed by atoms with Crippen molar-refractivity contribution in [2.45, 2.75) is 18.5 Å². The lowest BCUT2D eigenvalue weighted by Crippen LogP contribution is -2.45. The molecule has 108 valence electrons. The highest BCUT2D eigenvalue weighted by Gasteiger charge is 2.62. The van der Waals surface area contributed by atoms with Crippen LogP contribution in [-0.4, -0.2) is 27.4 Å². The standard InChI is InChI=1S/C12H9F5N2O/c1-19-8-5-3-2-4-7(8)18-10(19)6-9(20)11(13,14)12(15,16)17/h2-5H,6H2,1H3. The van der Waals surface area contributed by atoms with Gasteiger partial charge in [0.1, 0.15) is 5.82 Å². The molecule has 2 rings (SSSR count). The first-order chi connectivity index (χ1) is 9.14. The van der Waals surface area contributed by atoms with Gasteiger partial charge in [0.2, 0.25) is 5.78 Å². The Labute approximate surface area is 110 Å². The molecule has 1 heterocycles. The van der Waals surface area contributed by atoms with Crippen LogP contribution in [0.4, 0.5) is 22.0 Å². The zero-order chi connectivity index (χ0) is 15.1. The Morgan fingerprint density at radius 2 is 1.80 bits per heavy atom. The molecule has 0 aliphatic rings. The lowest BCUT2D eigenvalue weighted by Gasteiger charge is -2.17. The summed E-state index contributed by atoms with van der Waals surface area (Å²) < 4.78 is 63.4. The fourth-order valence-corrected chi connectivity index (χ4v) is 1.77. The van der Waals surface area contributed by atoms with Crippen LogP contribution < -0.4 is 0 Å². The molecular formula is C12H9F5N2O. The highest BCUT2D eigenvalue weighted by atomic mass is 19.4. The van der Waals surface area contributed by atoms with Gasteiger partial charge in [-0.05, 0) is 12.1 Å². The molecule has 0 atom stereocenters. The number of hydrogen-bond donors (Lipinski definition) is 0. The smallest absolute Gasteiger partial charge is 0.331 e. The van der Waals surface area contributed by atoms with Crippen LogP contribution in [0.3, 0.4) is 0 Å². The molecule has 1 aromatic carbocycles. The van der Waals surface area contributed by atoms with Crippen molar-refractivity contribution in [1.29, 1.82) is 0 Å². The molecule has 0 saturated heterocycles. The average Bonchev–Trinajstić information content (AvgIpc) is 2.65. The van der Waals surface area contributed by atoms with Gasteiger partial charge in [0.15, 0.2) is 0 Å². The zero-order valence-corrected chi connectivity index (χ0v) is 10.2. The van der Waals surface area contributed by atoms with E-state index in [9.17, 15) is 26.7 Å². The number of halogens is 5. The Balaban J connectivity index is 2.33. The third-order valence-electron chi connectivity index (χ3n) is 2.90. The van der Waals surface area contributed by atoms with E-state index in [1.54, 1.807) is 24.3 Å². The second kappa shape index (κ2) is 4.53. The van der Waals surface area contributed by atoms with Gasteiger partial charge in [0, 0.05) is 7.05 Å². The summed E-state index contributed by atoms with van der Waals surface area (Å²) in [5, 5.41) is 0. The van der Waals surface area contributed by atoms with Crippen molar-refractivity contribution in [1.82, 2.24) is 9.55 Å². The number of Topliss-reactive ketones (excluding diaryl/α,β-unsaturated/α-hetero) is 1. The molecule has 3 nitrogen and oxygen atoms in total. The Morgan fingerprint density at radius 1 is 1.20 bits per heavy atom. The first-order valence-corrected chi connectivity index (χ1v) is 5.53. The third-order valence-corrected chi connectivity index (χ3v) is 2.90. The summed E-state index contributed by atoms with van der Waals surface area (Å²) in [5.74, 6) is -7.73. The number of ketones is 1. The van der Waals surface area contributed by atoms with Crippen molar-refractivity contribution in [3.8, 4) is 0 Å². The number of para-hydroxylation sites is 2. The quantitative estimate of drug-likeness (QED) is 0.815. The normalized spacial score (nSPS) is 12.9. The van der Waals surface area contributed by atoms with E-state index in [0.29, 0.717) is 11.0 Å². The predicted molar refractivity (Wildman–Crippen MR) is 60.4 cm³/mol. The molecule has 0 radical (unpaired) electrons. The summed E-state index contributed by atoms with van der Waals surface area (Å²) in [4.78, 5) is 15.1. The SMILES string of the molecule is Cn1c(CC(=O)C(F)(F)C(F)(F)F)nc2ccccc21. The number of fused-ring (bicyclic) bond motifs is 1. The molecule has 1 aromatic heterocycles. The summed E-state index contributed by atoms with van der Waals surface area (Å²) in [5.41, 5.74) is 0.971. The summed E-state index contributed by atoms with van der Waals surface area (Å²) in [6.45, 7) is 0. The molecular weight excluding hydrogens is 283 g/mol. The predicted octanol–water partition coefficient (Wildman–Crippen LogP) is 2.88. The van der Waals surface area contributed by atoms with Crippen molar-refractivity contribution < 1.29 is 26.7 Å². The maximum absolute atomic E-state index is 12.9. The van der Waals surface area contributed by atoms with Crippen molar-refractivity contribution in [2.24, 2.45) is 7.05 Å². The molecule has 8 heteroatoms. The number of carbonyl (C=O) groups excluding carboxylic acids is 1. The minimum Gasteiger partial charge on any atom is -0.331 e. The number of carbonyl (C=O) groups is 1. The maximum atomic E-state index is 12.9. The Kier molecular flexibility index (Phi) is 3.27. The number of aryl methyl sites for hydroxylation is 1. The van der Waals surface area contributed by atoms with E-state index in [1.165, 1.54) is 11.6 Å². The van der Waals surface area contributed by atoms with E-state index in [0.717, 1.165) is 0 Å². The first kappa shape index (κ1) is 14.4. The van der Waals surface area contributed by atoms with Gasteiger partial charge in [-0.2, -0.15) is 22.0 Å².